The molecule has 0 amide bonds. The zero-order valence-corrected chi connectivity index (χ0v) is 17.2. The lowest BCUT2D eigenvalue weighted by Crippen LogP contribution is -1.94. The van der Waals surface area contributed by atoms with Crippen LogP contribution in [0.15, 0.2) is 6.20 Å². The highest BCUT2D eigenvalue weighted by Crippen LogP contribution is 2.25. The molecule has 9 heteroatoms. The van der Waals surface area contributed by atoms with E-state index < -0.39 is 0 Å². The van der Waals surface area contributed by atoms with Crippen molar-refractivity contribution in [3.63, 3.8) is 0 Å². The van der Waals surface area contributed by atoms with Gasteiger partial charge in [-0.2, -0.15) is 25.3 Å². The summed E-state index contributed by atoms with van der Waals surface area (Å²) in [4.78, 5) is 22.6. The number of aryl methyl sites for hydroxylation is 1. The lowest BCUT2D eigenvalue weighted by Gasteiger charge is -2.08. The van der Waals surface area contributed by atoms with Gasteiger partial charge in [-0.1, -0.05) is 0 Å². The van der Waals surface area contributed by atoms with Gasteiger partial charge in [0, 0.05) is 37.1 Å². The van der Waals surface area contributed by atoms with Gasteiger partial charge in [0.05, 0.1) is 5.69 Å². The van der Waals surface area contributed by atoms with Crippen LogP contribution in [0.3, 0.4) is 0 Å². The van der Waals surface area contributed by atoms with Crippen LogP contribution in [0, 0.1) is 6.92 Å². The Morgan fingerprint density at radius 1 is 1.14 bits per heavy atom. The van der Waals surface area contributed by atoms with Crippen LogP contribution in [-0.2, 0) is 21.1 Å². The van der Waals surface area contributed by atoms with Crippen LogP contribution >= 0.6 is 67.5 Å². The number of carbonyl (C=O) groups excluding carboxylic acids is 2. The first-order valence-corrected chi connectivity index (χ1v) is 7.60. The van der Waals surface area contributed by atoms with E-state index in [1.807, 2.05) is 0 Å². The Kier molecular flexibility index (Phi) is 18.7. The summed E-state index contributed by atoms with van der Waals surface area (Å²) < 4.78 is 0. The van der Waals surface area contributed by atoms with Crippen molar-refractivity contribution >= 4 is 77.7 Å². The van der Waals surface area contributed by atoms with Crippen LogP contribution in [-0.4, -0.2) is 20.3 Å². The maximum Gasteiger partial charge on any atom is 0.182 e. The summed E-state index contributed by atoms with van der Waals surface area (Å²) in [6.07, 6.45) is 1.73. The molecule has 0 aliphatic rings. The van der Waals surface area contributed by atoms with Crippen LogP contribution in [0.2, 0.25) is 0 Å². The van der Waals surface area contributed by atoms with E-state index in [4.69, 9.17) is 0 Å². The first-order chi connectivity index (χ1) is 9.17. The minimum Gasteiger partial charge on any atom is -0.506 e. The lowest BCUT2D eigenvalue weighted by molar-refractivity contribution is -0.109. The molecule has 0 aliphatic carbocycles. The first-order valence-electron chi connectivity index (χ1n) is 5.44. The largest absolute Gasteiger partial charge is 0.506 e. The molecule has 0 aliphatic heterocycles. The SMILES string of the molecule is Br.CC(=O)S.CC(=O)S.Cc1ncc(CS)c(CS)c1O. The summed E-state index contributed by atoms with van der Waals surface area (Å²) in [5.74, 6) is 1.35. The third-order valence-electron chi connectivity index (χ3n) is 1.76. The Morgan fingerprint density at radius 2 is 1.52 bits per heavy atom. The normalized spacial score (nSPS) is 8.33. The fourth-order valence-electron chi connectivity index (χ4n) is 0.997. The maximum atomic E-state index is 9.56. The molecule has 0 radical (unpaired) electrons. The van der Waals surface area contributed by atoms with Gasteiger partial charge in [-0.25, -0.2) is 0 Å². The van der Waals surface area contributed by atoms with Gasteiger partial charge in [-0.05, 0) is 12.5 Å². The minimum atomic E-state index is -0.139. The van der Waals surface area contributed by atoms with Gasteiger partial charge in [0.15, 0.2) is 10.2 Å². The highest BCUT2D eigenvalue weighted by molar-refractivity contribution is 8.93. The van der Waals surface area contributed by atoms with Crippen molar-refractivity contribution in [3.8, 4) is 5.75 Å². The monoisotopic (exact) mass is 433 g/mol. The summed E-state index contributed by atoms with van der Waals surface area (Å²) >= 11 is 14.9. The molecule has 1 aromatic rings. The number of halogens is 1. The van der Waals surface area contributed by atoms with Crippen molar-refractivity contribution in [3.05, 3.63) is 23.0 Å². The molecule has 1 aromatic heterocycles. The molecule has 0 bridgehead atoms. The molecule has 0 atom stereocenters. The fraction of sp³-hybridized carbons (Fsp3) is 0.417. The van der Waals surface area contributed by atoms with E-state index in [0.29, 0.717) is 17.2 Å². The molecule has 1 N–H and O–H groups in total. The molecule has 4 nitrogen and oxygen atoms in total. The predicted octanol–water partition coefficient (Wildman–Crippen LogP) is 3.46. The first kappa shape index (κ1) is 26.1. The van der Waals surface area contributed by atoms with E-state index in [1.165, 1.54) is 13.8 Å². The predicted molar refractivity (Wildman–Crippen MR) is 106 cm³/mol. The van der Waals surface area contributed by atoms with Gasteiger partial charge in [0.1, 0.15) is 5.75 Å². The van der Waals surface area contributed by atoms with Crippen molar-refractivity contribution in [1.82, 2.24) is 4.98 Å². The second-order valence-corrected chi connectivity index (χ2v) is 5.44. The highest BCUT2D eigenvalue weighted by atomic mass is 79.9. The Bertz CT molecular complexity index is 438. The van der Waals surface area contributed by atoms with E-state index in [2.05, 4.69) is 55.5 Å². The summed E-state index contributed by atoms with van der Waals surface area (Å²) in [5.41, 5.74) is 2.42. The van der Waals surface area contributed by atoms with Crippen LogP contribution in [0.4, 0.5) is 0 Å². The molecule has 0 saturated carbocycles. The zero-order chi connectivity index (χ0) is 16.3. The summed E-state index contributed by atoms with van der Waals surface area (Å²) in [6, 6.07) is 0. The number of nitrogens with zero attached hydrogens (tertiary/aromatic N) is 1. The third-order valence-corrected chi connectivity index (χ3v) is 2.42. The molecule has 0 aromatic carbocycles. The summed E-state index contributed by atoms with van der Waals surface area (Å²) in [5, 5.41) is 9.29. The van der Waals surface area contributed by atoms with Crippen molar-refractivity contribution < 1.29 is 14.7 Å². The third kappa shape index (κ3) is 14.9. The number of carbonyl (C=O) groups is 2. The van der Waals surface area contributed by atoms with Gasteiger partial charge < -0.3 is 5.11 Å². The zero-order valence-electron chi connectivity index (χ0n) is 11.9. The quantitative estimate of drug-likeness (QED) is 0.463. The molecular formula is C12H20BrNO3S4. The number of pyridine rings is 1. The smallest absolute Gasteiger partial charge is 0.182 e. The standard InChI is InChI=1S/C8H11NOS2.2C2H4OS.BrH/c1-5-8(10)7(4-12)6(3-11)2-9-5;2*1-2(3)4;/h2,10-12H,3-4H2,1H3;2*1H3,(H,3,4);1H. The second kappa shape index (κ2) is 15.1. The average molecular weight is 434 g/mol. The van der Waals surface area contributed by atoms with Crippen LogP contribution in [0.1, 0.15) is 30.7 Å². The fourth-order valence-corrected chi connectivity index (χ4v) is 1.62. The van der Waals surface area contributed by atoms with Crippen molar-refractivity contribution in [1.29, 1.82) is 0 Å². The molecular weight excluding hydrogens is 414 g/mol. The number of hydrogen-bond acceptors (Lipinski definition) is 6. The minimum absolute atomic E-state index is 0. The number of thiol groups is 4. The van der Waals surface area contributed by atoms with Crippen molar-refractivity contribution in [2.75, 3.05) is 0 Å². The van der Waals surface area contributed by atoms with Crippen LogP contribution in [0.25, 0.3) is 0 Å². The molecule has 122 valence electrons. The van der Waals surface area contributed by atoms with Crippen LogP contribution in [0.5, 0.6) is 5.75 Å². The lowest BCUT2D eigenvalue weighted by atomic mass is 10.1. The Morgan fingerprint density at radius 3 is 1.81 bits per heavy atom. The van der Waals surface area contributed by atoms with Crippen molar-refractivity contribution in [2.45, 2.75) is 32.3 Å². The van der Waals surface area contributed by atoms with E-state index in [-0.39, 0.29) is 33.0 Å². The van der Waals surface area contributed by atoms with Gasteiger partial charge in [0.2, 0.25) is 0 Å². The van der Waals surface area contributed by atoms with E-state index in [0.717, 1.165) is 11.1 Å². The topological polar surface area (TPSA) is 67.3 Å². The van der Waals surface area contributed by atoms with Gasteiger partial charge in [-0.15, -0.1) is 42.2 Å². The molecule has 0 saturated heterocycles. The molecule has 0 spiro atoms. The second-order valence-electron chi connectivity index (χ2n) is 3.55. The molecule has 21 heavy (non-hydrogen) atoms. The summed E-state index contributed by atoms with van der Waals surface area (Å²) in [6.45, 7) is 4.55. The number of aromatic hydroxyl groups is 1. The molecule has 1 heterocycles. The molecule has 0 fully saturated rings. The maximum absolute atomic E-state index is 9.56. The highest BCUT2D eigenvalue weighted by Gasteiger charge is 2.08. The number of hydrogen-bond donors (Lipinski definition) is 5. The van der Waals surface area contributed by atoms with Crippen LogP contribution < -0.4 is 0 Å². The Labute approximate surface area is 157 Å². The molecule has 0 unspecified atom stereocenters. The average Bonchev–Trinajstić information content (AvgIpc) is 2.31. The Hall–Kier alpha value is 0.170. The number of rotatable bonds is 2. The van der Waals surface area contributed by atoms with Gasteiger partial charge in [-0.3, -0.25) is 14.6 Å². The van der Waals surface area contributed by atoms with E-state index in [9.17, 15) is 14.7 Å². The number of aromatic nitrogens is 1. The Balaban J connectivity index is -0.000000304. The van der Waals surface area contributed by atoms with Gasteiger partial charge >= 0.3 is 0 Å². The van der Waals surface area contributed by atoms with E-state index in [1.54, 1.807) is 13.1 Å². The van der Waals surface area contributed by atoms with Crippen molar-refractivity contribution in [2.24, 2.45) is 0 Å². The van der Waals surface area contributed by atoms with E-state index >= 15 is 0 Å². The van der Waals surface area contributed by atoms with Gasteiger partial charge in [0.25, 0.3) is 0 Å². The molecule has 1 rings (SSSR count). The summed E-state index contributed by atoms with van der Waals surface area (Å²) in [7, 11) is 0.